The summed E-state index contributed by atoms with van der Waals surface area (Å²) in [5, 5.41) is 5.08. The molecule has 136 valence electrons. The van der Waals surface area contributed by atoms with E-state index in [-0.39, 0.29) is 6.54 Å². The van der Waals surface area contributed by atoms with Crippen LogP contribution in [0.2, 0.25) is 0 Å². The van der Waals surface area contributed by atoms with Gasteiger partial charge in [0.15, 0.2) is 6.10 Å². The highest BCUT2D eigenvalue weighted by Crippen LogP contribution is 2.16. The molecule has 0 aliphatic heterocycles. The van der Waals surface area contributed by atoms with Gasteiger partial charge in [0, 0.05) is 5.69 Å². The predicted molar refractivity (Wildman–Crippen MR) is 96.0 cm³/mol. The zero-order chi connectivity index (χ0) is 18.9. The van der Waals surface area contributed by atoms with Gasteiger partial charge in [-0.3, -0.25) is 14.4 Å². The van der Waals surface area contributed by atoms with Crippen molar-refractivity contribution in [1.82, 2.24) is 5.32 Å². The molecule has 0 unspecified atom stereocenters. The molecule has 0 aliphatic carbocycles. The Labute approximate surface area is 151 Å². The lowest BCUT2D eigenvalue weighted by Gasteiger charge is -2.14. The van der Waals surface area contributed by atoms with E-state index in [0.717, 1.165) is 0 Å². The van der Waals surface area contributed by atoms with Crippen molar-refractivity contribution in [3.05, 3.63) is 60.2 Å². The molecular weight excluding hydrogens is 336 g/mol. The number of hydrogen-bond donors (Lipinski definition) is 2. The first-order valence-electron chi connectivity index (χ1n) is 7.98. The number of amides is 2. The van der Waals surface area contributed by atoms with Gasteiger partial charge < -0.3 is 20.1 Å². The monoisotopic (exact) mass is 356 g/mol. The van der Waals surface area contributed by atoms with E-state index in [1.807, 2.05) is 6.07 Å². The molecule has 2 amide bonds. The maximum absolute atomic E-state index is 12.1. The van der Waals surface area contributed by atoms with Crippen LogP contribution in [-0.4, -0.2) is 37.5 Å². The summed E-state index contributed by atoms with van der Waals surface area (Å²) in [5.41, 5.74) is 0.905. The molecule has 2 rings (SSSR count). The molecule has 7 nitrogen and oxygen atoms in total. The molecule has 0 spiro atoms. The molecule has 0 saturated heterocycles. The first kappa shape index (κ1) is 19.0. The highest BCUT2D eigenvalue weighted by molar-refractivity contribution is 5.99. The van der Waals surface area contributed by atoms with Crippen LogP contribution in [-0.2, 0) is 14.3 Å². The average Bonchev–Trinajstić information content (AvgIpc) is 2.66. The van der Waals surface area contributed by atoms with Crippen LogP contribution in [0.25, 0.3) is 0 Å². The van der Waals surface area contributed by atoms with Crippen LogP contribution < -0.4 is 15.4 Å². The molecule has 1 atom stereocenters. The van der Waals surface area contributed by atoms with Crippen molar-refractivity contribution in [3.63, 3.8) is 0 Å². The van der Waals surface area contributed by atoms with Gasteiger partial charge in [0.1, 0.15) is 12.3 Å². The SMILES string of the molecule is COc1ccccc1C(=O)NCC(=O)O[C@H](C)C(=O)Nc1ccccc1. The number of benzene rings is 2. The van der Waals surface area contributed by atoms with Crippen LogP contribution in [0, 0.1) is 0 Å². The van der Waals surface area contributed by atoms with Crippen molar-refractivity contribution in [1.29, 1.82) is 0 Å². The van der Waals surface area contributed by atoms with Gasteiger partial charge in [-0.15, -0.1) is 0 Å². The van der Waals surface area contributed by atoms with Gasteiger partial charge in [-0.2, -0.15) is 0 Å². The summed E-state index contributed by atoms with van der Waals surface area (Å²) >= 11 is 0. The van der Waals surface area contributed by atoms with E-state index in [0.29, 0.717) is 17.0 Å². The maximum atomic E-state index is 12.1. The van der Waals surface area contributed by atoms with E-state index in [1.54, 1.807) is 48.5 Å². The second kappa shape index (κ2) is 9.22. The minimum absolute atomic E-state index is 0.303. The van der Waals surface area contributed by atoms with Gasteiger partial charge in [0.05, 0.1) is 12.7 Å². The number of methoxy groups -OCH3 is 1. The minimum atomic E-state index is -0.995. The number of ether oxygens (including phenoxy) is 2. The van der Waals surface area contributed by atoms with Crippen molar-refractivity contribution in [3.8, 4) is 5.75 Å². The van der Waals surface area contributed by atoms with E-state index in [9.17, 15) is 14.4 Å². The Balaban J connectivity index is 1.82. The fourth-order valence-corrected chi connectivity index (χ4v) is 2.14. The summed E-state index contributed by atoms with van der Waals surface area (Å²) < 4.78 is 10.1. The Morgan fingerprint density at radius 2 is 1.65 bits per heavy atom. The molecule has 26 heavy (non-hydrogen) atoms. The third-order valence-electron chi connectivity index (χ3n) is 3.46. The number of anilines is 1. The van der Waals surface area contributed by atoms with Gasteiger partial charge in [0.25, 0.3) is 11.8 Å². The molecule has 2 N–H and O–H groups in total. The summed E-state index contributed by atoms with van der Waals surface area (Å²) in [6.45, 7) is 1.10. The molecule has 0 fully saturated rings. The largest absolute Gasteiger partial charge is 0.496 e. The van der Waals surface area contributed by atoms with E-state index >= 15 is 0 Å². The number of rotatable bonds is 7. The van der Waals surface area contributed by atoms with Crippen LogP contribution in [0.3, 0.4) is 0 Å². The molecular formula is C19H20N2O5. The predicted octanol–water partition coefficient (Wildman–Crippen LogP) is 2.00. The first-order valence-corrected chi connectivity index (χ1v) is 7.98. The smallest absolute Gasteiger partial charge is 0.326 e. The summed E-state index contributed by atoms with van der Waals surface area (Å²) in [5.74, 6) is -1.25. The Hall–Kier alpha value is -3.35. The summed E-state index contributed by atoms with van der Waals surface area (Å²) in [7, 11) is 1.45. The maximum Gasteiger partial charge on any atom is 0.326 e. The van der Waals surface area contributed by atoms with Crippen molar-refractivity contribution in [2.24, 2.45) is 0 Å². The molecule has 0 bridgehead atoms. The van der Waals surface area contributed by atoms with E-state index in [1.165, 1.54) is 14.0 Å². The second-order valence-electron chi connectivity index (χ2n) is 5.37. The zero-order valence-corrected chi connectivity index (χ0v) is 14.5. The quantitative estimate of drug-likeness (QED) is 0.740. The molecule has 2 aromatic carbocycles. The molecule has 7 heteroatoms. The first-order chi connectivity index (χ1) is 12.5. The normalized spacial score (nSPS) is 11.2. The Morgan fingerprint density at radius 1 is 1.00 bits per heavy atom. The average molecular weight is 356 g/mol. The fraction of sp³-hybridized carbons (Fsp3) is 0.211. The van der Waals surface area contributed by atoms with Crippen LogP contribution in [0.1, 0.15) is 17.3 Å². The zero-order valence-electron chi connectivity index (χ0n) is 14.5. The van der Waals surface area contributed by atoms with Crippen LogP contribution >= 0.6 is 0 Å². The number of carbonyl (C=O) groups excluding carboxylic acids is 3. The number of hydrogen-bond acceptors (Lipinski definition) is 5. The van der Waals surface area contributed by atoms with Crippen LogP contribution in [0.5, 0.6) is 5.75 Å². The lowest BCUT2D eigenvalue weighted by molar-refractivity contribution is -0.152. The topological polar surface area (TPSA) is 93.7 Å². The molecule has 0 radical (unpaired) electrons. The lowest BCUT2D eigenvalue weighted by Crippen LogP contribution is -2.35. The molecule has 0 saturated carbocycles. The van der Waals surface area contributed by atoms with Crippen molar-refractivity contribution in [2.45, 2.75) is 13.0 Å². The standard InChI is InChI=1S/C19H20N2O5/c1-13(18(23)21-14-8-4-3-5-9-14)26-17(22)12-20-19(24)15-10-6-7-11-16(15)25-2/h3-11,13H,12H2,1-2H3,(H,20,24)(H,21,23)/t13-/m1/s1. The third-order valence-corrected chi connectivity index (χ3v) is 3.46. The fourth-order valence-electron chi connectivity index (χ4n) is 2.14. The highest BCUT2D eigenvalue weighted by Gasteiger charge is 2.19. The Bertz CT molecular complexity index is 777. The number of esters is 1. The third kappa shape index (κ3) is 5.34. The summed E-state index contributed by atoms with van der Waals surface area (Å²) in [6.07, 6.45) is -0.995. The van der Waals surface area contributed by atoms with Crippen LogP contribution in [0.4, 0.5) is 5.69 Å². The van der Waals surface area contributed by atoms with E-state index in [4.69, 9.17) is 9.47 Å². The number of carbonyl (C=O) groups is 3. The van der Waals surface area contributed by atoms with Crippen molar-refractivity contribution >= 4 is 23.5 Å². The van der Waals surface area contributed by atoms with Gasteiger partial charge in [-0.25, -0.2) is 0 Å². The minimum Gasteiger partial charge on any atom is -0.496 e. The van der Waals surface area contributed by atoms with Gasteiger partial charge >= 0.3 is 5.97 Å². The van der Waals surface area contributed by atoms with Crippen LogP contribution in [0.15, 0.2) is 54.6 Å². The summed E-state index contributed by atoms with van der Waals surface area (Å²) in [4.78, 5) is 36.0. The lowest BCUT2D eigenvalue weighted by atomic mass is 10.2. The Morgan fingerprint density at radius 3 is 2.35 bits per heavy atom. The summed E-state index contributed by atoms with van der Waals surface area (Å²) in [6, 6.07) is 15.5. The molecule has 0 aliphatic rings. The van der Waals surface area contributed by atoms with E-state index < -0.39 is 23.9 Å². The molecule has 0 aromatic heterocycles. The second-order valence-corrected chi connectivity index (χ2v) is 5.37. The number of para-hydroxylation sites is 2. The van der Waals surface area contributed by atoms with Crippen molar-refractivity contribution < 1.29 is 23.9 Å². The van der Waals surface area contributed by atoms with Gasteiger partial charge in [0.2, 0.25) is 0 Å². The van der Waals surface area contributed by atoms with Gasteiger partial charge in [-0.1, -0.05) is 30.3 Å². The highest BCUT2D eigenvalue weighted by atomic mass is 16.5. The number of nitrogens with one attached hydrogen (secondary N) is 2. The van der Waals surface area contributed by atoms with Crippen molar-refractivity contribution in [2.75, 3.05) is 19.0 Å². The molecule has 0 heterocycles. The Kier molecular flexibility index (Phi) is 6.73. The van der Waals surface area contributed by atoms with Gasteiger partial charge in [-0.05, 0) is 31.2 Å². The van der Waals surface area contributed by atoms with E-state index in [2.05, 4.69) is 10.6 Å². The molecule has 2 aromatic rings.